The average molecular weight is 431 g/mol. The minimum absolute atomic E-state index is 0.121. The topological polar surface area (TPSA) is 75.2 Å². The fourth-order valence-corrected chi connectivity index (χ4v) is 5.06. The summed E-state index contributed by atoms with van der Waals surface area (Å²) < 4.78 is 0.634. The molecule has 2 aromatic carbocycles. The largest absolute Gasteiger partial charge is 0.330 e. The van der Waals surface area contributed by atoms with E-state index in [1.54, 1.807) is 24.3 Å². The van der Waals surface area contributed by atoms with Crippen molar-refractivity contribution in [2.45, 2.75) is 22.9 Å². The van der Waals surface area contributed by atoms with Crippen LogP contribution in [-0.4, -0.2) is 27.3 Å². The normalized spacial score (nSPS) is 16.6. The van der Waals surface area contributed by atoms with Crippen molar-refractivity contribution in [3.63, 3.8) is 0 Å². The number of benzene rings is 2. The zero-order chi connectivity index (χ0) is 19.7. The molecule has 0 spiro atoms. The molecular formula is C19H15ClN4O2S2. The second-order valence-corrected chi connectivity index (χ2v) is 9.03. The number of anilines is 3. The van der Waals surface area contributed by atoms with Crippen LogP contribution in [0.4, 0.5) is 16.5 Å². The van der Waals surface area contributed by atoms with Gasteiger partial charge < -0.3 is 5.32 Å². The van der Waals surface area contributed by atoms with E-state index in [0.29, 0.717) is 20.2 Å². The molecule has 1 aliphatic heterocycles. The van der Waals surface area contributed by atoms with Crippen LogP contribution in [0.3, 0.4) is 0 Å². The number of carbonyl (C=O) groups is 2. The Bertz CT molecular complexity index is 1060. The number of para-hydroxylation sites is 1. The number of halogens is 1. The maximum absolute atomic E-state index is 12.8. The summed E-state index contributed by atoms with van der Waals surface area (Å²) in [5.41, 5.74) is 2.54. The van der Waals surface area contributed by atoms with Crippen LogP contribution in [0.2, 0.25) is 5.02 Å². The fraction of sp³-hybridized carbons (Fsp3) is 0.158. The molecule has 1 atom stereocenters. The van der Waals surface area contributed by atoms with E-state index in [2.05, 4.69) is 15.5 Å². The SMILES string of the molecule is Cc1ccccc1Nc1nnc(S[C@H]2CC(=O)N(c3cccc(Cl)c3)C2=O)s1. The third kappa shape index (κ3) is 3.89. The molecule has 1 aliphatic rings. The van der Waals surface area contributed by atoms with Crippen molar-refractivity contribution in [2.24, 2.45) is 0 Å². The van der Waals surface area contributed by atoms with Gasteiger partial charge in [0.05, 0.1) is 5.69 Å². The van der Waals surface area contributed by atoms with Gasteiger partial charge in [-0.15, -0.1) is 10.2 Å². The number of amides is 2. The first-order valence-corrected chi connectivity index (χ1v) is 10.5. The van der Waals surface area contributed by atoms with Gasteiger partial charge >= 0.3 is 0 Å². The van der Waals surface area contributed by atoms with Crippen molar-refractivity contribution in [1.29, 1.82) is 0 Å². The van der Waals surface area contributed by atoms with Crippen molar-refractivity contribution < 1.29 is 9.59 Å². The van der Waals surface area contributed by atoms with Gasteiger partial charge in [0.1, 0.15) is 5.25 Å². The number of aromatic nitrogens is 2. The van der Waals surface area contributed by atoms with Crippen molar-refractivity contribution in [1.82, 2.24) is 10.2 Å². The molecule has 0 radical (unpaired) electrons. The first-order chi connectivity index (χ1) is 13.5. The Morgan fingerprint density at radius 3 is 2.79 bits per heavy atom. The van der Waals surface area contributed by atoms with Crippen molar-refractivity contribution in [3.05, 3.63) is 59.1 Å². The standard InChI is InChI=1S/C19H15ClN4O2S2/c1-11-5-2-3-8-14(11)21-18-22-23-19(28-18)27-15-10-16(25)24(17(15)26)13-7-4-6-12(20)9-13/h2-9,15H,10H2,1H3,(H,21,22)/t15-/m0/s1. The molecule has 1 saturated heterocycles. The summed E-state index contributed by atoms with van der Waals surface area (Å²) in [6.07, 6.45) is 0.121. The van der Waals surface area contributed by atoms with E-state index in [9.17, 15) is 9.59 Å². The van der Waals surface area contributed by atoms with Gasteiger partial charge in [0.25, 0.3) is 0 Å². The van der Waals surface area contributed by atoms with E-state index in [0.717, 1.165) is 11.3 Å². The lowest BCUT2D eigenvalue weighted by atomic mass is 10.2. The Balaban J connectivity index is 1.47. The first-order valence-electron chi connectivity index (χ1n) is 8.46. The van der Waals surface area contributed by atoms with Crippen LogP contribution in [0.15, 0.2) is 52.9 Å². The zero-order valence-electron chi connectivity index (χ0n) is 14.8. The van der Waals surface area contributed by atoms with Crippen LogP contribution in [0, 0.1) is 6.92 Å². The summed E-state index contributed by atoms with van der Waals surface area (Å²) in [4.78, 5) is 26.3. The Morgan fingerprint density at radius 2 is 2.00 bits per heavy atom. The van der Waals surface area contributed by atoms with E-state index < -0.39 is 5.25 Å². The van der Waals surface area contributed by atoms with Gasteiger partial charge in [-0.25, -0.2) is 4.90 Å². The molecule has 0 saturated carbocycles. The third-order valence-corrected chi connectivity index (χ3v) is 6.55. The lowest BCUT2D eigenvalue weighted by Crippen LogP contribution is -2.31. The molecule has 3 aromatic rings. The number of imide groups is 1. The summed E-state index contributed by atoms with van der Waals surface area (Å²) in [7, 11) is 0. The molecule has 6 nitrogen and oxygen atoms in total. The van der Waals surface area contributed by atoms with Crippen LogP contribution < -0.4 is 10.2 Å². The molecular weight excluding hydrogens is 416 g/mol. The summed E-state index contributed by atoms with van der Waals surface area (Å²) >= 11 is 8.60. The molecule has 9 heteroatoms. The molecule has 1 aromatic heterocycles. The van der Waals surface area contributed by atoms with Gasteiger partial charge in [0.15, 0.2) is 4.34 Å². The molecule has 2 amide bonds. The van der Waals surface area contributed by atoms with Crippen LogP contribution in [0.1, 0.15) is 12.0 Å². The maximum atomic E-state index is 12.8. The van der Waals surface area contributed by atoms with Gasteiger partial charge in [0.2, 0.25) is 16.9 Å². The van der Waals surface area contributed by atoms with Crippen molar-refractivity contribution >= 4 is 63.0 Å². The summed E-state index contributed by atoms with van der Waals surface area (Å²) in [5.74, 6) is -0.506. The molecule has 1 N–H and O–H groups in total. The average Bonchev–Trinajstić information content (AvgIpc) is 3.21. The number of hydrogen-bond donors (Lipinski definition) is 1. The van der Waals surface area contributed by atoms with E-state index in [4.69, 9.17) is 11.6 Å². The quantitative estimate of drug-likeness (QED) is 0.593. The van der Waals surface area contributed by atoms with Gasteiger partial charge in [-0.05, 0) is 36.8 Å². The predicted molar refractivity (Wildman–Crippen MR) is 113 cm³/mol. The molecule has 4 rings (SSSR count). The summed E-state index contributed by atoms with van der Waals surface area (Å²) in [6, 6.07) is 14.6. The highest BCUT2D eigenvalue weighted by Crippen LogP contribution is 2.37. The van der Waals surface area contributed by atoms with Gasteiger partial charge in [0, 0.05) is 17.1 Å². The highest BCUT2D eigenvalue weighted by atomic mass is 35.5. The van der Waals surface area contributed by atoms with Crippen LogP contribution >= 0.6 is 34.7 Å². The Morgan fingerprint density at radius 1 is 1.18 bits per heavy atom. The first kappa shape index (κ1) is 18.9. The number of hydrogen-bond acceptors (Lipinski definition) is 7. The molecule has 2 heterocycles. The highest BCUT2D eigenvalue weighted by molar-refractivity contribution is 8.02. The van der Waals surface area contributed by atoms with Crippen LogP contribution in [0.25, 0.3) is 0 Å². The smallest absolute Gasteiger partial charge is 0.247 e. The van der Waals surface area contributed by atoms with Crippen molar-refractivity contribution in [3.8, 4) is 0 Å². The second kappa shape index (κ2) is 7.90. The lowest BCUT2D eigenvalue weighted by molar-refractivity contribution is -0.121. The third-order valence-electron chi connectivity index (χ3n) is 4.21. The van der Waals surface area contributed by atoms with E-state index in [1.165, 1.54) is 28.0 Å². The summed E-state index contributed by atoms with van der Waals surface area (Å²) in [6.45, 7) is 2.01. The Hall–Kier alpha value is -2.42. The molecule has 0 aliphatic carbocycles. The minimum atomic E-state index is -0.522. The van der Waals surface area contributed by atoms with Crippen LogP contribution in [0.5, 0.6) is 0 Å². The molecule has 1 fully saturated rings. The number of thioether (sulfide) groups is 1. The van der Waals surface area contributed by atoms with E-state index in [1.807, 2.05) is 31.2 Å². The van der Waals surface area contributed by atoms with Gasteiger partial charge in [-0.3, -0.25) is 9.59 Å². The summed E-state index contributed by atoms with van der Waals surface area (Å²) in [5, 5.41) is 12.1. The highest BCUT2D eigenvalue weighted by Gasteiger charge is 2.40. The lowest BCUT2D eigenvalue weighted by Gasteiger charge is -2.14. The fourth-order valence-electron chi connectivity index (χ4n) is 2.84. The Kier molecular flexibility index (Phi) is 5.34. The number of carbonyl (C=O) groups excluding carboxylic acids is 2. The number of aryl methyl sites for hydroxylation is 1. The number of nitrogens with one attached hydrogen (secondary N) is 1. The predicted octanol–water partition coefficient (Wildman–Crippen LogP) is 4.67. The van der Waals surface area contributed by atoms with Crippen LogP contribution in [-0.2, 0) is 9.59 Å². The maximum Gasteiger partial charge on any atom is 0.247 e. The Labute approximate surface area is 174 Å². The van der Waals surface area contributed by atoms with Crippen molar-refractivity contribution in [2.75, 3.05) is 10.2 Å². The molecule has 142 valence electrons. The zero-order valence-corrected chi connectivity index (χ0v) is 17.1. The molecule has 28 heavy (non-hydrogen) atoms. The van der Waals surface area contributed by atoms with E-state index >= 15 is 0 Å². The monoisotopic (exact) mass is 430 g/mol. The minimum Gasteiger partial charge on any atom is -0.330 e. The van der Waals surface area contributed by atoms with E-state index in [-0.39, 0.29) is 18.2 Å². The number of rotatable bonds is 5. The number of nitrogens with zero attached hydrogens (tertiary/aromatic N) is 3. The van der Waals surface area contributed by atoms with Gasteiger partial charge in [-0.2, -0.15) is 0 Å². The molecule has 0 unspecified atom stereocenters. The second-order valence-electron chi connectivity index (χ2n) is 6.17. The van der Waals surface area contributed by atoms with Gasteiger partial charge in [-0.1, -0.05) is 59.0 Å². The molecule has 0 bridgehead atoms.